The lowest BCUT2D eigenvalue weighted by molar-refractivity contribution is -0.138. The quantitative estimate of drug-likeness (QED) is 0.105. The van der Waals surface area contributed by atoms with E-state index in [0.29, 0.717) is 31.3 Å². The van der Waals surface area contributed by atoms with E-state index in [9.17, 15) is 14.4 Å². The van der Waals surface area contributed by atoms with Gasteiger partial charge in [-0.3, -0.25) is 9.59 Å². The highest BCUT2D eigenvalue weighted by molar-refractivity contribution is 7.81. The van der Waals surface area contributed by atoms with Gasteiger partial charge in [-0.1, -0.05) is 41.5 Å². The summed E-state index contributed by atoms with van der Waals surface area (Å²) in [5.74, 6) is 4.70. The number of hydrogen-bond donors (Lipinski definition) is 1. The highest BCUT2D eigenvalue weighted by Gasteiger charge is 2.28. The molecule has 1 aromatic rings. The summed E-state index contributed by atoms with van der Waals surface area (Å²) < 4.78 is 30.7. The Morgan fingerprint density at radius 2 is 1.34 bits per heavy atom. The fourth-order valence-corrected chi connectivity index (χ4v) is 4.07. The molecule has 0 unspecified atom stereocenters. The number of Topliss-reactive ketones (excluding diaryl/α,β-unsaturated/α-hetero) is 1. The lowest BCUT2D eigenvalue weighted by Crippen LogP contribution is -2.20. The third kappa shape index (κ3) is 17.6. The van der Waals surface area contributed by atoms with Crippen molar-refractivity contribution in [2.45, 2.75) is 87.2 Å². The predicted molar refractivity (Wildman–Crippen MR) is 165 cm³/mol. The van der Waals surface area contributed by atoms with Crippen LogP contribution in [0, 0.1) is 17.3 Å². The molecule has 41 heavy (non-hydrogen) atoms. The number of ketones is 1. The van der Waals surface area contributed by atoms with Crippen LogP contribution in [0.15, 0.2) is 6.07 Å². The zero-order valence-electron chi connectivity index (χ0n) is 26.8. The number of thiophene rings is 1. The minimum Gasteiger partial charge on any atom is -0.468 e. The van der Waals surface area contributed by atoms with Crippen molar-refractivity contribution in [3.8, 4) is 11.8 Å². The fraction of sp³-hybridized carbons (Fsp3) is 0.700. The molecule has 1 heterocycles. The molecule has 0 saturated heterocycles. The monoisotopic (exact) mass is 618 g/mol. The standard InChI is InChI=1S/C15H24O4S.C12H20O3.C3H6O2S/c1-7-18-14(19-8-2)11-9-10(15(3,4)5)12(20-11)13(16)17-6;1-6-14-11(15-7-2)9-8-10(13)12(3,4)5;1-5-3(4)2-6/h9,14H,7-8H2,1-6H3;11H,6-7H2,1-5H3;6H,2H2,1H3. The normalized spacial score (nSPS) is 11.0. The average molecular weight is 619 g/mol. The number of rotatable bonds is 11. The van der Waals surface area contributed by atoms with Crippen molar-refractivity contribution in [3.63, 3.8) is 0 Å². The SMILES string of the molecule is CCOC(C#CC(=O)C(C)(C)C)OCC.CCOC(OCC)c1cc(C(C)(C)C)c(C(=O)OC)s1.COC(=O)CS. The molecule has 236 valence electrons. The van der Waals surface area contributed by atoms with Gasteiger partial charge in [0.05, 0.1) is 24.8 Å². The van der Waals surface area contributed by atoms with Crippen molar-refractivity contribution >= 4 is 41.7 Å². The van der Waals surface area contributed by atoms with E-state index >= 15 is 0 Å². The van der Waals surface area contributed by atoms with Crippen LogP contribution in [-0.4, -0.2) is 70.4 Å². The number of carbonyl (C=O) groups is 3. The van der Waals surface area contributed by atoms with E-state index in [1.165, 1.54) is 25.6 Å². The summed E-state index contributed by atoms with van der Waals surface area (Å²) in [7, 11) is 2.73. The van der Waals surface area contributed by atoms with Crippen molar-refractivity contribution in [1.29, 1.82) is 0 Å². The van der Waals surface area contributed by atoms with E-state index in [4.69, 9.17) is 23.7 Å². The predicted octanol–water partition coefficient (Wildman–Crippen LogP) is 6.00. The Kier molecular flexibility index (Phi) is 21.8. The molecule has 0 N–H and O–H groups in total. The molecular weight excluding hydrogens is 568 g/mol. The minimum atomic E-state index is -0.591. The highest BCUT2D eigenvalue weighted by Crippen LogP contribution is 2.37. The van der Waals surface area contributed by atoms with Gasteiger partial charge in [0.2, 0.25) is 12.1 Å². The summed E-state index contributed by atoms with van der Waals surface area (Å²) in [4.78, 5) is 34.8. The number of esters is 2. The van der Waals surface area contributed by atoms with Crippen molar-refractivity contribution < 1.29 is 42.8 Å². The van der Waals surface area contributed by atoms with Crippen molar-refractivity contribution in [3.05, 3.63) is 21.4 Å². The van der Waals surface area contributed by atoms with Gasteiger partial charge in [0.1, 0.15) is 4.88 Å². The number of methoxy groups -OCH3 is 2. The molecular formula is C30H50O9S2. The van der Waals surface area contributed by atoms with Gasteiger partial charge >= 0.3 is 11.9 Å². The molecule has 0 bridgehead atoms. The average Bonchev–Trinajstić information content (AvgIpc) is 3.37. The molecule has 0 aliphatic carbocycles. The van der Waals surface area contributed by atoms with Gasteiger partial charge < -0.3 is 28.4 Å². The largest absolute Gasteiger partial charge is 0.468 e. The summed E-state index contributed by atoms with van der Waals surface area (Å²) in [5, 5.41) is 0. The van der Waals surface area contributed by atoms with Crippen LogP contribution in [-0.2, 0) is 43.4 Å². The third-order valence-corrected chi connectivity index (χ3v) is 6.17. The molecule has 11 heteroatoms. The smallest absolute Gasteiger partial charge is 0.348 e. The van der Waals surface area contributed by atoms with Crippen LogP contribution in [0.1, 0.15) is 95.6 Å². The van der Waals surface area contributed by atoms with Crippen LogP contribution in [0.5, 0.6) is 0 Å². The molecule has 0 fully saturated rings. The summed E-state index contributed by atoms with van der Waals surface area (Å²) >= 11 is 5.00. The number of hydrogen-bond acceptors (Lipinski definition) is 11. The first-order valence-corrected chi connectivity index (χ1v) is 14.9. The highest BCUT2D eigenvalue weighted by atomic mass is 32.1. The topological polar surface area (TPSA) is 107 Å². The molecule has 0 amide bonds. The Hall–Kier alpha value is -1.94. The van der Waals surface area contributed by atoms with Crippen LogP contribution in [0.4, 0.5) is 0 Å². The first-order valence-electron chi connectivity index (χ1n) is 13.5. The van der Waals surface area contributed by atoms with Crippen LogP contribution in [0.3, 0.4) is 0 Å². The zero-order valence-corrected chi connectivity index (χ0v) is 28.5. The lowest BCUT2D eigenvalue weighted by atomic mass is 9.87. The number of thiol groups is 1. The molecule has 0 radical (unpaired) electrons. The van der Waals surface area contributed by atoms with E-state index in [-0.39, 0.29) is 28.9 Å². The van der Waals surface area contributed by atoms with E-state index in [1.807, 2.05) is 54.5 Å². The number of ether oxygens (including phenoxy) is 6. The van der Waals surface area contributed by atoms with Crippen LogP contribution in [0.25, 0.3) is 0 Å². The Labute approximate surface area is 256 Å². The van der Waals surface area contributed by atoms with Gasteiger partial charge in [0, 0.05) is 31.8 Å². The second kappa shape index (κ2) is 21.7. The molecule has 0 aromatic carbocycles. The second-order valence-electron chi connectivity index (χ2n) is 10.2. The molecule has 9 nitrogen and oxygen atoms in total. The maximum atomic E-state index is 11.9. The van der Waals surface area contributed by atoms with Gasteiger partial charge in [0.15, 0.2) is 6.29 Å². The molecule has 0 saturated carbocycles. The van der Waals surface area contributed by atoms with Gasteiger partial charge in [-0.15, -0.1) is 11.3 Å². The molecule has 0 aliphatic rings. The Balaban J connectivity index is 0. The van der Waals surface area contributed by atoms with Crippen LogP contribution in [0.2, 0.25) is 0 Å². The number of carbonyl (C=O) groups excluding carboxylic acids is 3. The maximum Gasteiger partial charge on any atom is 0.348 e. The Bertz CT molecular complexity index is 945. The van der Waals surface area contributed by atoms with Crippen LogP contribution < -0.4 is 0 Å². The van der Waals surface area contributed by atoms with Gasteiger partial charge in [-0.2, -0.15) is 12.6 Å². The Morgan fingerprint density at radius 1 is 0.854 bits per heavy atom. The summed E-state index contributed by atoms with van der Waals surface area (Å²) in [5.41, 5.74) is 0.394. The van der Waals surface area contributed by atoms with Crippen molar-refractivity contribution in [2.75, 3.05) is 46.4 Å². The van der Waals surface area contributed by atoms with Gasteiger partial charge in [0.25, 0.3) is 0 Å². The van der Waals surface area contributed by atoms with E-state index < -0.39 is 18.0 Å². The second-order valence-corrected chi connectivity index (χ2v) is 11.6. The fourth-order valence-electron chi connectivity index (χ4n) is 2.65. The van der Waals surface area contributed by atoms with Crippen LogP contribution >= 0.6 is 24.0 Å². The lowest BCUT2D eigenvalue weighted by Gasteiger charge is -2.18. The van der Waals surface area contributed by atoms with E-state index in [1.54, 1.807) is 0 Å². The van der Waals surface area contributed by atoms with Gasteiger partial charge in [-0.25, -0.2) is 4.79 Å². The molecule has 0 aliphatic heterocycles. The molecule has 0 spiro atoms. The van der Waals surface area contributed by atoms with E-state index in [2.05, 4.69) is 50.0 Å². The molecule has 0 atom stereocenters. The van der Waals surface area contributed by atoms with Gasteiger partial charge in [-0.05, 0) is 56.6 Å². The summed E-state index contributed by atoms with van der Waals surface area (Å²) in [6, 6.07) is 1.99. The minimum absolute atomic E-state index is 0.105. The summed E-state index contributed by atoms with van der Waals surface area (Å²) in [6.07, 6.45) is -1.01. The third-order valence-electron chi connectivity index (χ3n) is 4.78. The zero-order chi connectivity index (χ0) is 32.2. The molecule has 1 aromatic heterocycles. The first kappa shape index (κ1) is 41.2. The first-order chi connectivity index (χ1) is 19.1. The summed E-state index contributed by atoms with van der Waals surface area (Å²) in [6.45, 7) is 21.4. The molecule has 1 rings (SSSR count). The van der Waals surface area contributed by atoms with E-state index in [0.717, 1.165) is 10.4 Å². The van der Waals surface area contributed by atoms with Crippen molar-refractivity contribution in [2.24, 2.45) is 5.41 Å². The Morgan fingerprint density at radius 3 is 1.66 bits per heavy atom. The van der Waals surface area contributed by atoms with Crippen molar-refractivity contribution in [1.82, 2.24) is 0 Å². The maximum absolute atomic E-state index is 11.9.